The maximum absolute atomic E-state index is 6.57. The lowest BCUT2D eigenvalue weighted by atomic mass is 9.85. The Balaban J connectivity index is 1.11. The highest BCUT2D eigenvalue weighted by molar-refractivity contribution is 6.21. The largest absolute Gasteiger partial charge is 0.485 e. The summed E-state index contributed by atoms with van der Waals surface area (Å²) in [5, 5.41) is 7.50. The van der Waals surface area contributed by atoms with Crippen molar-refractivity contribution in [3.05, 3.63) is 218 Å². The van der Waals surface area contributed by atoms with E-state index in [1.165, 1.54) is 71.3 Å². The van der Waals surface area contributed by atoms with E-state index in [9.17, 15) is 0 Å². The zero-order chi connectivity index (χ0) is 37.0. The van der Waals surface area contributed by atoms with E-state index in [1.54, 1.807) is 0 Å². The van der Waals surface area contributed by atoms with E-state index in [0.717, 1.165) is 22.8 Å². The summed E-state index contributed by atoms with van der Waals surface area (Å²) in [7, 11) is 0. The zero-order valence-corrected chi connectivity index (χ0v) is 30.7. The minimum absolute atomic E-state index is 0.0274. The van der Waals surface area contributed by atoms with Gasteiger partial charge in [0.15, 0.2) is 0 Å². The Morgan fingerprint density at radius 2 is 0.982 bits per heavy atom. The van der Waals surface area contributed by atoms with Crippen LogP contribution >= 0.6 is 0 Å². The molecule has 9 aromatic rings. The third-order valence-corrected chi connectivity index (χ3v) is 11.6. The van der Waals surface area contributed by atoms with Crippen LogP contribution in [0.25, 0.3) is 65.7 Å². The molecule has 1 aliphatic carbocycles. The van der Waals surface area contributed by atoms with Gasteiger partial charge in [0.25, 0.3) is 0 Å². The van der Waals surface area contributed by atoms with Crippen molar-refractivity contribution >= 4 is 49.4 Å². The van der Waals surface area contributed by atoms with Crippen LogP contribution in [-0.4, -0.2) is 6.10 Å². The van der Waals surface area contributed by atoms with Crippen LogP contribution in [0.1, 0.15) is 11.5 Å². The van der Waals surface area contributed by atoms with Crippen LogP contribution in [0.4, 0.5) is 17.1 Å². The normalized spacial score (nSPS) is 15.5. The minimum atomic E-state index is 0.0274. The van der Waals surface area contributed by atoms with Crippen LogP contribution in [0.2, 0.25) is 0 Å². The fourth-order valence-electron chi connectivity index (χ4n) is 9.03. The van der Waals surface area contributed by atoms with Gasteiger partial charge in [-0.2, -0.15) is 0 Å². The molecular weight excluding hydrogens is 679 g/mol. The fourth-order valence-corrected chi connectivity index (χ4v) is 9.03. The van der Waals surface area contributed by atoms with Crippen molar-refractivity contribution < 1.29 is 4.74 Å². The van der Waals surface area contributed by atoms with Gasteiger partial charge in [-0.3, -0.25) is 0 Å². The molecule has 11 rings (SSSR count). The molecule has 0 amide bonds. The first-order valence-electron chi connectivity index (χ1n) is 19.4. The molecule has 0 N–H and O–H groups in total. The lowest BCUT2D eigenvalue weighted by Gasteiger charge is -2.27. The monoisotopic (exact) mass is 715 g/mol. The second-order valence-corrected chi connectivity index (χ2v) is 14.8. The van der Waals surface area contributed by atoms with Crippen molar-refractivity contribution in [1.29, 1.82) is 0 Å². The van der Waals surface area contributed by atoms with E-state index in [0.29, 0.717) is 0 Å². The Labute approximate surface area is 326 Å². The molecule has 0 saturated carbocycles. The molecular formula is C54H37NO. The van der Waals surface area contributed by atoms with Crippen LogP contribution in [0.15, 0.2) is 212 Å². The third kappa shape index (κ3) is 5.33. The topological polar surface area (TPSA) is 12.5 Å². The predicted octanol–water partition coefficient (Wildman–Crippen LogP) is 14.6. The van der Waals surface area contributed by atoms with Gasteiger partial charge in [-0.05, 0) is 102 Å². The molecule has 2 nitrogen and oxygen atoms in total. The number of allylic oxidation sites excluding steroid dienone is 2. The molecule has 2 atom stereocenters. The summed E-state index contributed by atoms with van der Waals surface area (Å²) < 4.78 is 6.57. The molecule has 2 aliphatic rings. The number of benzene rings is 9. The van der Waals surface area contributed by atoms with E-state index in [4.69, 9.17) is 4.74 Å². The SMILES string of the molecule is C1=CC2Oc3cc(N(c4ccc(-c5cccc6ccccc56)cc4)c4cccc(-c5c(-c6ccccc6)c6ccccc6c6ccccc56)c4)ccc3C2C=C1. The molecule has 9 aromatic carbocycles. The lowest BCUT2D eigenvalue weighted by molar-refractivity contribution is 0.269. The molecule has 2 heteroatoms. The van der Waals surface area contributed by atoms with Crippen molar-refractivity contribution in [1.82, 2.24) is 0 Å². The third-order valence-electron chi connectivity index (χ3n) is 11.6. The molecule has 56 heavy (non-hydrogen) atoms. The molecule has 0 aromatic heterocycles. The quantitative estimate of drug-likeness (QED) is 0.159. The van der Waals surface area contributed by atoms with E-state index in [-0.39, 0.29) is 12.0 Å². The van der Waals surface area contributed by atoms with Crippen molar-refractivity contribution in [3.8, 4) is 39.1 Å². The highest BCUT2D eigenvalue weighted by Gasteiger charge is 2.32. The van der Waals surface area contributed by atoms with Gasteiger partial charge in [-0.1, -0.05) is 170 Å². The summed E-state index contributed by atoms with van der Waals surface area (Å²) in [6.45, 7) is 0. The Morgan fingerprint density at radius 3 is 1.77 bits per heavy atom. The summed E-state index contributed by atoms with van der Waals surface area (Å²) in [6.07, 6.45) is 8.66. The first-order chi connectivity index (χ1) is 27.8. The average molecular weight is 716 g/mol. The highest BCUT2D eigenvalue weighted by atomic mass is 16.5. The maximum atomic E-state index is 6.57. The van der Waals surface area contributed by atoms with Gasteiger partial charge in [0, 0.05) is 34.6 Å². The fraction of sp³-hybridized carbons (Fsp3) is 0.0370. The number of anilines is 3. The first-order valence-corrected chi connectivity index (χ1v) is 19.4. The summed E-state index contributed by atoms with van der Waals surface area (Å²) in [5.41, 5.74) is 11.7. The molecule has 0 bridgehead atoms. The summed E-state index contributed by atoms with van der Waals surface area (Å²) in [4.78, 5) is 2.37. The number of nitrogens with zero attached hydrogens (tertiary/aromatic N) is 1. The van der Waals surface area contributed by atoms with Crippen LogP contribution in [0.3, 0.4) is 0 Å². The van der Waals surface area contributed by atoms with Crippen molar-refractivity contribution in [3.63, 3.8) is 0 Å². The number of ether oxygens (including phenoxy) is 1. The Hall–Kier alpha value is -7.16. The molecule has 0 fully saturated rings. The maximum Gasteiger partial charge on any atom is 0.128 e. The number of hydrogen-bond acceptors (Lipinski definition) is 2. The van der Waals surface area contributed by atoms with E-state index in [1.807, 2.05) is 0 Å². The van der Waals surface area contributed by atoms with E-state index < -0.39 is 0 Å². The predicted molar refractivity (Wildman–Crippen MR) is 235 cm³/mol. The van der Waals surface area contributed by atoms with Crippen molar-refractivity contribution in [2.75, 3.05) is 4.90 Å². The van der Waals surface area contributed by atoms with Gasteiger partial charge >= 0.3 is 0 Å². The summed E-state index contributed by atoms with van der Waals surface area (Å²) in [6, 6.07) is 68.5. The molecule has 0 spiro atoms. The van der Waals surface area contributed by atoms with Gasteiger partial charge in [-0.15, -0.1) is 0 Å². The lowest BCUT2D eigenvalue weighted by Crippen LogP contribution is -2.15. The average Bonchev–Trinajstić information content (AvgIpc) is 3.64. The van der Waals surface area contributed by atoms with Gasteiger partial charge in [0.1, 0.15) is 11.9 Å². The van der Waals surface area contributed by atoms with Crippen molar-refractivity contribution in [2.24, 2.45) is 0 Å². The Bertz CT molecular complexity index is 3010. The Morgan fingerprint density at radius 1 is 0.393 bits per heavy atom. The first kappa shape index (κ1) is 32.3. The van der Waals surface area contributed by atoms with Crippen LogP contribution in [-0.2, 0) is 0 Å². The second-order valence-electron chi connectivity index (χ2n) is 14.8. The molecule has 0 radical (unpaired) electrons. The molecule has 264 valence electrons. The minimum Gasteiger partial charge on any atom is -0.485 e. The Kier molecular flexibility index (Phi) is 7.67. The molecule has 2 unspecified atom stereocenters. The van der Waals surface area contributed by atoms with Gasteiger partial charge < -0.3 is 9.64 Å². The molecule has 0 saturated heterocycles. The number of rotatable bonds is 6. The summed E-state index contributed by atoms with van der Waals surface area (Å²) in [5.74, 6) is 1.17. The highest BCUT2D eigenvalue weighted by Crippen LogP contribution is 2.48. The van der Waals surface area contributed by atoms with Gasteiger partial charge in [0.2, 0.25) is 0 Å². The standard InChI is InChI=1S/C54H37NO/c1-2-15-38(16-3-1)53-49-24-8-6-21-45(49)46-22-7-9-25-50(46)54(53)39-18-12-19-41(34-39)55(42-32-33-48-47-23-10-11-27-51(47)56-52(48)35-42)40-30-28-37(29-31-40)44-26-13-17-36-14-4-5-20-43(36)44/h1-35,47,51H. The van der Waals surface area contributed by atoms with Crippen molar-refractivity contribution in [2.45, 2.75) is 12.0 Å². The molecule has 1 heterocycles. The van der Waals surface area contributed by atoms with Gasteiger partial charge in [-0.25, -0.2) is 0 Å². The van der Waals surface area contributed by atoms with E-state index >= 15 is 0 Å². The number of hydrogen-bond donors (Lipinski definition) is 0. The van der Waals surface area contributed by atoms with E-state index in [2.05, 4.69) is 217 Å². The van der Waals surface area contributed by atoms with Gasteiger partial charge in [0.05, 0.1) is 0 Å². The van der Waals surface area contributed by atoms with Crippen LogP contribution in [0, 0.1) is 0 Å². The number of fused-ring (bicyclic) bond motifs is 7. The zero-order valence-electron chi connectivity index (χ0n) is 30.7. The van der Waals surface area contributed by atoms with Crippen LogP contribution in [0.5, 0.6) is 5.75 Å². The molecule has 1 aliphatic heterocycles. The van der Waals surface area contributed by atoms with Crippen LogP contribution < -0.4 is 9.64 Å². The smallest absolute Gasteiger partial charge is 0.128 e. The summed E-state index contributed by atoms with van der Waals surface area (Å²) >= 11 is 0. The second kappa shape index (κ2) is 13.3.